The number of fused-ring (bicyclic) bond motifs is 1. The number of aromatic nitrogens is 3. The molecule has 1 saturated heterocycles. The summed E-state index contributed by atoms with van der Waals surface area (Å²) in [6.45, 7) is 3.07. The fourth-order valence-corrected chi connectivity index (χ4v) is 3.97. The maximum atomic E-state index is 12.5. The molecule has 2 aromatic rings. The number of benzene rings is 1. The molecular weight excluding hydrogens is 314 g/mol. The highest BCUT2D eigenvalue weighted by Gasteiger charge is 2.22. The van der Waals surface area contributed by atoms with E-state index in [4.69, 9.17) is 0 Å². The van der Waals surface area contributed by atoms with Gasteiger partial charge in [-0.2, -0.15) is 0 Å². The van der Waals surface area contributed by atoms with E-state index in [2.05, 4.69) is 50.4 Å². The number of aryl methyl sites for hydroxylation is 1. The van der Waals surface area contributed by atoms with E-state index in [-0.39, 0.29) is 6.03 Å². The van der Waals surface area contributed by atoms with E-state index in [9.17, 15) is 4.79 Å². The molecule has 6 nitrogen and oxygen atoms in total. The van der Waals surface area contributed by atoms with E-state index in [0.29, 0.717) is 12.5 Å². The summed E-state index contributed by atoms with van der Waals surface area (Å²) >= 11 is 0. The third-order valence-corrected chi connectivity index (χ3v) is 5.37. The molecule has 132 valence electrons. The number of carbonyl (C=O) groups excluding carboxylic acids is 1. The molecule has 0 unspecified atom stereocenters. The summed E-state index contributed by atoms with van der Waals surface area (Å²) < 4.78 is 2.13. The van der Waals surface area contributed by atoms with Crippen molar-refractivity contribution < 1.29 is 4.79 Å². The van der Waals surface area contributed by atoms with Gasteiger partial charge in [-0.1, -0.05) is 30.3 Å². The molecule has 1 N–H and O–H groups in total. The van der Waals surface area contributed by atoms with Crippen LogP contribution in [0.15, 0.2) is 30.3 Å². The first-order valence-electron chi connectivity index (χ1n) is 9.30. The molecule has 0 spiro atoms. The van der Waals surface area contributed by atoms with E-state index in [0.717, 1.165) is 63.4 Å². The number of nitrogens with one attached hydrogen (secondary N) is 1. The minimum atomic E-state index is 0.0176. The van der Waals surface area contributed by atoms with Crippen LogP contribution in [0.1, 0.15) is 48.8 Å². The van der Waals surface area contributed by atoms with Crippen molar-refractivity contribution in [1.29, 1.82) is 0 Å². The highest BCUT2D eigenvalue weighted by molar-refractivity contribution is 5.74. The Balaban J connectivity index is 1.32. The lowest BCUT2D eigenvalue weighted by atomic mass is 9.92. The zero-order valence-corrected chi connectivity index (χ0v) is 14.5. The predicted molar refractivity (Wildman–Crippen MR) is 95.2 cm³/mol. The number of hydrogen-bond donors (Lipinski definition) is 1. The van der Waals surface area contributed by atoms with E-state index < -0.39 is 0 Å². The van der Waals surface area contributed by atoms with E-state index in [1.807, 2.05) is 4.90 Å². The lowest BCUT2D eigenvalue weighted by Gasteiger charge is -2.21. The number of amides is 2. The summed E-state index contributed by atoms with van der Waals surface area (Å²) in [4.78, 5) is 14.5. The first-order chi connectivity index (χ1) is 12.3. The predicted octanol–water partition coefficient (Wildman–Crippen LogP) is 2.70. The molecule has 2 aliphatic heterocycles. The van der Waals surface area contributed by atoms with Gasteiger partial charge in [-0.05, 0) is 37.2 Å². The van der Waals surface area contributed by atoms with Gasteiger partial charge in [-0.25, -0.2) is 4.79 Å². The fourth-order valence-electron chi connectivity index (χ4n) is 3.97. The first kappa shape index (κ1) is 16.1. The van der Waals surface area contributed by atoms with Gasteiger partial charge >= 0.3 is 6.03 Å². The molecule has 0 radical (unpaired) electrons. The second-order valence-electron chi connectivity index (χ2n) is 6.97. The maximum Gasteiger partial charge on any atom is 0.317 e. The number of nitrogens with zero attached hydrogens (tertiary/aromatic N) is 4. The second-order valence-corrected chi connectivity index (χ2v) is 6.97. The Labute approximate surface area is 148 Å². The van der Waals surface area contributed by atoms with Crippen LogP contribution in [-0.2, 0) is 19.5 Å². The summed E-state index contributed by atoms with van der Waals surface area (Å²) in [6.07, 6.45) is 5.34. The Morgan fingerprint density at radius 2 is 1.96 bits per heavy atom. The van der Waals surface area contributed by atoms with Gasteiger partial charge in [0.25, 0.3) is 0 Å². The molecule has 1 aromatic carbocycles. The zero-order valence-electron chi connectivity index (χ0n) is 14.5. The van der Waals surface area contributed by atoms with Crippen LogP contribution in [0.2, 0.25) is 0 Å². The molecule has 0 aliphatic carbocycles. The van der Waals surface area contributed by atoms with Crippen LogP contribution < -0.4 is 5.32 Å². The SMILES string of the molecule is O=C(NCc1nnc2n1CCC2)N1CCC[C@H](c2ccccc2)CC1. The molecule has 1 fully saturated rings. The summed E-state index contributed by atoms with van der Waals surface area (Å²) in [7, 11) is 0. The van der Waals surface area contributed by atoms with Crippen LogP contribution in [0.4, 0.5) is 4.79 Å². The minimum absolute atomic E-state index is 0.0176. The van der Waals surface area contributed by atoms with Crippen molar-refractivity contribution in [2.24, 2.45) is 0 Å². The molecule has 25 heavy (non-hydrogen) atoms. The lowest BCUT2D eigenvalue weighted by Crippen LogP contribution is -2.40. The molecule has 0 bridgehead atoms. The summed E-state index contributed by atoms with van der Waals surface area (Å²) in [6, 6.07) is 10.7. The highest BCUT2D eigenvalue weighted by atomic mass is 16.2. The Kier molecular flexibility index (Phi) is 4.68. The topological polar surface area (TPSA) is 63.1 Å². The van der Waals surface area contributed by atoms with Crippen molar-refractivity contribution in [3.63, 3.8) is 0 Å². The normalized spacial score (nSPS) is 20.2. The van der Waals surface area contributed by atoms with E-state index in [1.165, 1.54) is 5.56 Å². The summed E-state index contributed by atoms with van der Waals surface area (Å²) in [5.74, 6) is 2.47. The van der Waals surface area contributed by atoms with Crippen LogP contribution in [-0.4, -0.2) is 38.8 Å². The molecule has 0 saturated carbocycles. The van der Waals surface area contributed by atoms with Gasteiger partial charge in [0.15, 0.2) is 5.82 Å². The van der Waals surface area contributed by atoms with Gasteiger partial charge in [-0.15, -0.1) is 10.2 Å². The van der Waals surface area contributed by atoms with Crippen LogP contribution in [0.3, 0.4) is 0 Å². The Morgan fingerprint density at radius 1 is 1.08 bits per heavy atom. The number of carbonyl (C=O) groups is 1. The minimum Gasteiger partial charge on any atom is -0.331 e. The number of rotatable bonds is 3. The Bertz CT molecular complexity index is 727. The average molecular weight is 339 g/mol. The maximum absolute atomic E-state index is 12.5. The van der Waals surface area contributed by atoms with Gasteiger partial charge in [0.05, 0.1) is 6.54 Å². The van der Waals surface area contributed by atoms with Gasteiger partial charge < -0.3 is 14.8 Å². The van der Waals surface area contributed by atoms with Crippen molar-refractivity contribution in [3.8, 4) is 0 Å². The summed E-state index contributed by atoms with van der Waals surface area (Å²) in [5, 5.41) is 11.4. The van der Waals surface area contributed by atoms with Crippen LogP contribution in [0, 0.1) is 0 Å². The number of urea groups is 1. The summed E-state index contributed by atoms with van der Waals surface area (Å²) in [5.41, 5.74) is 1.39. The van der Waals surface area contributed by atoms with Crippen LogP contribution in [0.25, 0.3) is 0 Å². The molecule has 4 rings (SSSR count). The first-order valence-corrected chi connectivity index (χ1v) is 9.30. The van der Waals surface area contributed by atoms with Crippen molar-refractivity contribution in [2.75, 3.05) is 13.1 Å². The number of hydrogen-bond acceptors (Lipinski definition) is 3. The lowest BCUT2D eigenvalue weighted by molar-refractivity contribution is 0.198. The standard InChI is InChI=1S/C19H25N5O/c25-19(20-14-18-22-21-17-9-5-12-24(17)18)23-11-4-8-16(10-13-23)15-6-2-1-3-7-15/h1-3,6-7,16H,4-5,8-14H2,(H,20,25)/t16-/m0/s1. The van der Waals surface area contributed by atoms with Crippen molar-refractivity contribution in [3.05, 3.63) is 47.5 Å². The molecule has 3 heterocycles. The van der Waals surface area contributed by atoms with E-state index in [1.54, 1.807) is 0 Å². The van der Waals surface area contributed by atoms with Crippen molar-refractivity contribution in [1.82, 2.24) is 25.0 Å². The van der Waals surface area contributed by atoms with E-state index >= 15 is 0 Å². The van der Waals surface area contributed by atoms with Crippen LogP contribution >= 0.6 is 0 Å². The number of likely N-dealkylation sites (tertiary alicyclic amines) is 1. The fraction of sp³-hybridized carbons (Fsp3) is 0.526. The smallest absolute Gasteiger partial charge is 0.317 e. The van der Waals surface area contributed by atoms with Gasteiger partial charge in [0, 0.05) is 26.1 Å². The zero-order chi connectivity index (χ0) is 17.1. The largest absolute Gasteiger partial charge is 0.331 e. The molecule has 6 heteroatoms. The molecule has 2 amide bonds. The highest BCUT2D eigenvalue weighted by Crippen LogP contribution is 2.27. The third-order valence-electron chi connectivity index (χ3n) is 5.37. The molecule has 2 aliphatic rings. The average Bonchev–Trinajstić information content (AvgIpc) is 3.17. The Morgan fingerprint density at radius 3 is 2.84 bits per heavy atom. The second kappa shape index (κ2) is 7.25. The Hall–Kier alpha value is -2.37. The van der Waals surface area contributed by atoms with Gasteiger partial charge in [0.2, 0.25) is 0 Å². The molecule has 1 atom stereocenters. The van der Waals surface area contributed by atoms with Crippen LogP contribution in [0.5, 0.6) is 0 Å². The van der Waals surface area contributed by atoms with Gasteiger partial charge in [0.1, 0.15) is 5.82 Å². The van der Waals surface area contributed by atoms with Crippen molar-refractivity contribution in [2.45, 2.75) is 51.1 Å². The third kappa shape index (κ3) is 3.52. The molecular formula is C19H25N5O. The quantitative estimate of drug-likeness (QED) is 0.935. The molecule has 1 aromatic heterocycles. The van der Waals surface area contributed by atoms with Gasteiger partial charge in [-0.3, -0.25) is 0 Å². The monoisotopic (exact) mass is 339 g/mol. The van der Waals surface area contributed by atoms with Crippen molar-refractivity contribution >= 4 is 6.03 Å².